The molecule has 0 bridgehead atoms. The van der Waals surface area contributed by atoms with Gasteiger partial charge in [-0.2, -0.15) is 0 Å². The third kappa shape index (κ3) is 6.75. The smallest absolute Gasteiger partial charge is 0.427 e. The molecule has 158 valence electrons. The van der Waals surface area contributed by atoms with Gasteiger partial charge in [0.15, 0.2) is 6.10 Å². The zero-order valence-electron chi connectivity index (χ0n) is 16.9. The van der Waals surface area contributed by atoms with Crippen LogP contribution in [0, 0.1) is 0 Å². The average Bonchev–Trinajstić information content (AvgIpc) is 2.69. The second-order valence-electron chi connectivity index (χ2n) is 7.36. The van der Waals surface area contributed by atoms with Gasteiger partial charge in [-0.15, -0.1) is 0 Å². The number of carboxylic acid groups (broad SMARTS) is 1. The van der Waals surface area contributed by atoms with Gasteiger partial charge in [0, 0.05) is 6.08 Å². The molecular weight excluding hydrogens is 388 g/mol. The SMILES string of the molecule is CC(C)(C)OC(=O)NN(C(=O)C=Cc1ccc(C(O)C(=O)O)cc1)c1ccccc1. The van der Waals surface area contributed by atoms with Crippen molar-refractivity contribution >= 4 is 29.7 Å². The molecule has 0 radical (unpaired) electrons. The Morgan fingerprint density at radius 1 is 1.03 bits per heavy atom. The largest absolute Gasteiger partial charge is 0.479 e. The summed E-state index contributed by atoms with van der Waals surface area (Å²) in [5.74, 6) is -1.87. The third-order valence-corrected chi connectivity index (χ3v) is 3.74. The molecule has 2 rings (SSSR count). The number of aliphatic hydroxyl groups is 1. The Morgan fingerprint density at radius 3 is 2.17 bits per heavy atom. The molecule has 0 saturated carbocycles. The van der Waals surface area contributed by atoms with Gasteiger partial charge in [-0.05, 0) is 50.1 Å². The summed E-state index contributed by atoms with van der Waals surface area (Å²) in [7, 11) is 0. The molecule has 30 heavy (non-hydrogen) atoms. The van der Waals surface area contributed by atoms with Gasteiger partial charge in [-0.1, -0.05) is 42.5 Å². The molecule has 2 amide bonds. The van der Waals surface area contributed by atoms with Crippen LogP contribution in [0.25, 0.3) is 6.08 Å². The minimum absolute atomic E-state index is 0.225. The molecule has 1 atom stereocenters. The van der Waals surface area contributed by atoms with Crippen LogP contribution in [0.2, 0.25) is 0 Å². The van der Waals surface area contributed by atoms with Crippen molar-refractivity contribution in [1.82, 2.24) is 5.43 Å². The van der Waals surface area contributed by atoms with E-state index in [0.717, 1.165) is 5.01 Å². The van der Waals surface area contributed by atoms with Crippen molar-refractivity contribution in [3.63, 3.8) is 0 Å². The van der Waals surface area contributed by atoms with E-state index >= 15 is 0 Å². The number of carbonyl (C=O) groups is 3. The number of para-hydroxylation sites is 1. The minimum atomic E-state index is -1.61. The monoisotopic (exact) mass is 412 g/mol. The van der Waals surface area contributed by atoms with Gasteiger partial charge in [-0.3, -0.25) is 4.79 Å². The third-order valence-electron chi connectivity index (χ3n) is 3.74. The molecule has 0 aromatic heterocycles. The zero-order chi connectivity index (χ0) is 22.3. The molecule has 0 spiro atoms. The number of rotatable bonds is 5. The Labute approximate surface area is 174 Å². The quantitative estimate of drug-likeness (QED) is 0.513. The number of ether oxygens (including phenoxy) is 1. The Kier molecular flexibility index (Phi) is 7.32. The molecule has 0 aliphatic rings. The van der Waals surface area contributed by atoms with E-state index in [4.69, 9.17) is 9.84 Å². The highest BCUT2D eigenvalue weighted by Gasteiger charge is 2.21. The van der Waals surface area contributed by atoms with Crippen LogP contribution in [0.1, 0.15) is 38.0 Å². The van der Waals surface area contributed by atoms with Crippen LogP contribution in [0.15, 0.2) is 60.7 Å². The van der Waals surface area contributed by atoms with E-state index in [2.05, 4.69) is 5.43 Å². The number of hydrazine groups is 1. The second-order valence-corrected chi connectivity index (χ2v) is 7.36. The number of carboxylic acids is 1. The van der Waals surface area contributed by atoms with Gasteiger partial charge in [0.2, 0.25) is 0 Å². The molecule has 8 nitrogen and oxygen atoms in total. The topological polar surface area (TPSA) is 116 Å². The zero-order valence-corrected chi connectivity index (χ0v) is 16.9. The lowest BCUT2D eigenvalue weighted by Gasteiger charge is -2.25. The molecule has 0 aliphatic carbocycles. The van der Waals surface area contributed by atoms with Crippen molar-refractivity contribution in [3.8, 4) is 0 Å². The summed E-state index contributed by atoms with van der Waals surface area (Å²) >= 11 is 0. The first-order valence-electron chi connectivity index (χ1n) is 9.14. The van der Waals surface area contributed by atoms with E-state index in [0.29, 0.717) is 11.3 Å². The highest BCUT2D eigenvalue weighted by Crippen LogP contribution is 2.16. The fraction of sp³-hybridized carbons (Fsp3) is 0.227. The number of nitrogens with one attached hydrogen (secondary N) is 1. The summed E-state index contributed by atoms with van der Waals surface area (Å²) in [5, 5.41) is 19.4. The Balaban J connectivity index is 2.17. The molecule has 0 saturated heterocycles. The van der Waals surface area contributed by atoms with Crippen molar-refractivity contribution in [2.24, 2.45) is 0 Å². The van der Waals surface area contributed by atoms with Crippen molar-refractivity contribution in [2.45, 2.75) is 32.5 Å². The number of aliphatic hydroxyl groups excluding tert-OH is 1. The number of hydrogen-bond donors (Lipinski definition) is 3. The van der Waals surface area contributed by atoms with Gasteiger partial charge in [0.05, 0.1) is 5.69 Å². The molecule has 0 aliphatic heterocycles. The maximum atomic E-state index is 12.7. The summed E-state index contributed by atoms with van der Waals surface area (Å²) in [5.41, 5.74) is 2.98. The lowest BCUT2D eigenvalue weighted by molar-refractivity contribution is -0.146. The van der Waals surface area contributed by atoms with Gasteiger partial charge < -0.3 is 14.9 Å². The first-order chi connectivity index (χ1) is 14.1. The first-order valence-corrected chi connectivity index (χ1v) is 9.14. The summed E-state index contributed by atoms with van der Waals surface area (Å²) in [6, 6.07) is 14.6. The Bertz CT molecular complexity index is 917. The molecule has 0 heterocycles. The molecule has 2 aromatic rings. The van der Waals surface area contributed by atoms with Crippen LogP contribution in [0.5, 0.6) is 0 Å². The highest BCUT2D eigenvalue weighted by atomic mass is 16.6. The summed E-state index contributed by atoms with van der Waals surface area (Å²) in [6.07, 6.45) is 0.371. The lowest BCUT2D eigenvalue weighted by Crippen LogP contribution is -2.47. The van der Waals surface area contributed by atoms with E-state index in [9.17, 15) is 19.5 Å². The fourth-order valence-electron chi connectivity index (χ4n) is 2.39. The number of hydrogen-bond acceptors (Lipinski definition) is 5. The van der Waals surface area contributed by atoms with Gasteiger partial charge in [0.1, 0.15) is 5.60 Å². The lowest BCUT2D eigenvalue weighted by atomic mass is 10.1. The normalized spacial score (nSPS) is 12.3. The Hall–Kier alpha value is -3.65. The van der Waals surface area contributed by atoms with Crippen LogP contribution in [-0.2, 0) is 14.3 Å². The predicted molar refractivity (Wildman–Crippen MR) is 111 cm³/mol. The van der Waals surface area contributed by atoms with Crippen LogP contribution < -0.4 is 10.4 Å². The van der Waals surface area contributed by atoms with Gasteiger partial charge in [-0.25, -0.2) is 20.0 Å². The molecule has 2 aromatic carbocycles. The number of nitrogens with zero attached hydrogens (tertiary/aromatic N) is 1. The summed E-state index contributed by atoms with van der Waals surface area (Å²) < 4.78 is 5.22. The number of aliphatic carboxylic acids is 1. The molecule has 8 heteroatoms. The van der Waals surface area contributed by atoms with Gasteiger partial charge >= 0.3 is 12.1 Å². The Morgan fingerprint density at radius 2 is 1.63 bits per heavy atom. The predicted octanol–water partition coefficient (Wildman–Crippen LogP) is 3.29. The van der Waals surface area contributed by atoms with Crippen LogP contribution >= 0.6 is 0 Å². The summed E-state index contributed by atoms with van der Waals surface area (Å²) in [6.45, 7) is 5.14. The van der Waals surface area contributed by atoms with E-state index in [-0.39, 0.29) is 5.56 Å². The number of anilines is 1. The van der Waals surface area contributed by atoms with Gasteiger partial charge in [0.25, 0.3) is 5.91 Å². The van der Waals surface area contributed by atoms with Crippen LogP contribution in [-0.4, -0.2) is 33.8 Å². The van der Waals surface area contributed by atoms with Crippen LogP contribution in [0.3, 0.4) is 0 Å². The van der Waals surface area contributed by atoms with E-state index in [1.165, 1.54) is 24.3 Å². The average molecular weight is 412 g/mol. The summed E-state index contributed by atoms with van der Waals surface area (Å²) in [4.78, 5) is 35.7. The van der Waals surface area contributed by atoms with Crippen LogP contribution in [0.4, 0.5) is 10.5 Å². The number of carbonyl (C=O) groups excluding carboxylic acids is 2. The maximum Gasteiger partial charge on any atom is 0.427 e. The van der Waals surface area contributed by atoms with E-state index < -0.39 is 29.7 Å². The van der Waals surface area contributed by atoms with Crippen molar-refractivity contribution < 1.29 is 29.3 Å². The highest BCUT2D eigenvalue weighted by molar-refractivity contribution is 6.04. The van der Waals surface area contributed by atoms with Crippen molar-refractivity contribution in [1.29, 1.82) is 0 Å². The standard InChI is InChI=1S/C22H24N2O6/c1-22(2,3)30-21(29)23-24(17-7-5-4-6-8-17)18(25)14-11-15-9-12-16(13-10-15)19(26)20(27)28/h4-14,19,26H,1-3H3,(H,23,29)(H,27,28). The van der Waals surface area contributed by atoms with Crippen molar-refractivity contribution in [2.75, 3.05) is 5.01 Å². The molecule has 3 N–H and O–H groups in total. The molecular formula is C22H24N2O6. The molecule has 1 unspecified atom stereocenters. The molecule has 0 fully saturated rings. The second kappa shape index (κ2) is 9.71. The fourth-order valence-corrected chi connectivity index (χ4v) is 2.39. The minimum Gasteiger partial charge on any atom is -0.479 e. The first kappa shape index (κ1) is 22.6. The van der Waals surface area contributed by atoms with Crippen molar-refractivity contribution in [3.05, 3.63) is 71.8 Å². The number of amides is 2. The number of benzene rings is 2. The maximum absolute atomic E-state index is 12.7. The van der Waals surface area contributed by atoms with E-state index in [1.807, 2.05) is 0 Å². The van der Waals surface area contributed by atoms with E-state index in [1.54, 1.807) is 63.2 Å².